The largest absolute Gasteiger partial charge is 0.469 e. The van der Waals surface area contributed by atoms with E-state index in [0.29, 0.717) is 6.61 Å². The Bertz CT molecular complexity index is 231. The average molecular weight is 246 g/mol. The monoisotopic (exact) mass is 246 g/mol. The summed E-state index contributed by atoms with van der Waals surface area (Å²) in [5, 5.41) is 0.182. The van der Waals surface area contributed by atoms with E-state index >= 15 is 0 Å². The molecule has 0 aliphatic heterocycles. The molecule has 0 aromatic heterocycles. The maximum atomic E-state index is 11.4. The first-order valence-corrected chi connectivity index (χ1v) is 8.78. The number of hydrogen-bond donors (Lipinski definition) is 0. The van der Waals surface area contributed by atoms with Crippen molar-refractivity contribution in [3.63, 3.8) is 0 Å². The van der Waals surface area contributed by atoms with Crippen LogP contribution in [0.5, 0.6) is 0 Å². The highest BCUT2D eigenvalue weighted by atomic mass is 28.4. The molecule has 0 rings (SSSR count). The van der Waals surface area contributed by atoms with Gasteiger partial charge in [-0.05, 0) is 24.6 Å². The quantitative estimate of drug-likeness (QED) is 0.552. The molecule has 0 saturated heterocycles. The van der Waals surface area contributed by atoms with Crippen molar-refractivity contribution in [3.8, 4) is 0 Å². The topological polar surface area (TPSA) is 35.5 Å². The van der Waals surface area contributed by atoms with Gasteiger partial charge in [-0.2, -0.15) is 0 Å². The highest BCUT2D eigenvalue weighted by Crippen LogP contribution is 2.36. The number of ether oxygens (including phenoxy) is 1. The van der Waals surface area contributed by atoms with E-state index < -0.39 is 8.32 Å². The van der Waals surface area contributed by atoms with E-state index in [1.807, 2.05) is 6.92 Å². The Morgan fingerprint density at radius 2 is 1.81 bits per heavy atom. The van der Waals surface area contributed by atoms with Crippen LogP contribution in [-0.2, 0) is 14.0 Å². The summed E-state index contributed by atoms with van der Waals surface area (Å²) >= 11 is 0. The highest BCUT2D eigenvalue weighted by Gasteiger charge is 2.38. The van der Waals surface area contributed by atoms with Crippen LogP contribution >= 0.6 is 0 Å². The fourth-order valence-corrected chi connectivity index (χ4v) is 2.10. The van der Waals surface area contributed by atoms with Crippen LogP contribution in [0.2, 0.25) is 18.1 Å². The lowest BCUT2D eigenvalue weighted by atomic mass is 10.1. The molecule has 0 heterocycles. The SMILES string of the molecule is CC[C@@H](CO[Si](C)(C)C(C)(C)C)C(=O)OC. The second-order valence-corrected chi connectivity index (χ2v) is 10.5. The van der Waals surface area contributed by atoms with Crippen molar-refractivity contribution in [2.45, 2.75) is 52.2 Å². The van der Waals surface area contributed by atoms with Gasteiger partial charge in [0.25, 0.3) is 0 Å². The minimum atomic E-state index is -1.75. The Morgan fingerprint density at radius 3 is 2.12 bits per heavy atom. The zero-order valence-corrected chi connectivity index (χ0v) is 12.7. The Balaban J connectivity index is 4.37. The molecule has 0 aliphatic carbocycles. The lowest BCUT2D eigenvalue weighted by Crippen LogP contribution is -2.42. The molecule has 0 fully saturated rings. The smallest absolute Gasteiger partial charge is 0.310 e. The second kappa shape index (κ2) is 5.82. The van der Waals surface area contributed by atoms with Crippen LogP contribution in [-0.4, -0.2) is 28.0 Å². The average Bonchev–Trinajstić information content (AvgIpc) is 2.16. The van der Waals surface area contributed by atoms with E-state index in [-0.39, 0.29) is 16.9 Å². The van der Waals surface area contributed by atoms with Crippen molar-refractivity contribution in [3.05, 3.63) is 0 Å². The van der Waals surface area contributed by atoms with E-state index in [1.165, 1.54) is 7.11 Å². The maximum absolute atomic E-state index is 11.4. The van der Waals surface area contributed by atoms with Crippen molar-refractivity contribution in [2.24, 2.45) is 5.92 Å². The molecular formula is C12H26O3Si. The van der Waals surface area contributed by atoms with E-state index in [9.17, 15) is 4.79 Å². The van der Waals surface area contributed by atoms with Crippen molar-refractivity contribution >= 4 is 14.3 Å². The summed E-state index contributed by atoms with van der Waals surface area (Å²) in [5.74, 6) is -0.291. The van der Waals surface area contributed by atoms with Gasteiger partial charge >= 0.3 is 5.97 Å². The van der Waals surface area contributed by atoms with Crippen LogP contribution in [0.3, 0.4) is 0 Å². The van der Waals surface area contributed by atoms with Gasteiger partial charge in [-0.3, -0.25) is 4.79 Å². The third-order valence-electron chi connectivity index (χ3n) is 3.48. The van der Waals surface area contributed by atoms with Crippen LogP contribution in [0.1, 0.15) is 34.1 Å². The number of esters is 1. The summed E-state index contributed by atoms with van der Waals surface area (Å²) in [4.78, 5) is 11.4. The van der Waals surface area contributed by atoms with Crippen molar-refractivity contribution in [2.75, 3.05) is 13.7 Å². The molecule has 0 amide bonds. The van der Waals surface area contributed by atoms with Gasteiger partial charge in [-0.1, -0.05) is 27.7 Å². The Morgan fingerprint density at radius 1 is 1.31 bits per heavy atom. The van der Waals surface area contributed by atoms with Crippen molar-refractivity contribution in [1.82, 2.24) is 0 Å². The minimum absolute atomic E-state index is 0.126. The normalized spacial score (nSPS) is 14.7. The zero-order valence-electron chi connectivity index (χ0n) is 11.7. The number of hydrogen-bond acceptors (Lipinski definition) is 3. The summed E-state index contributed by atoms with van der Waals surface area (Å²) in [5.41, 5.74) is 0. The molecule has 0 N–H and O–H groups in total. The van der Waals surface area contributed by atoms with Gasteiger partial charge < -0.3 is 9.16 Å². The maximum Gasteiger partial charge on any atom is 0.310 e. The van der Waals surface area contributed by atoms with E-state index in [0.717, 1.165) is 6.42 Å². The molecule has 0 radical (unpaired) electrons. The van der Waals surface area contributed by atoms with Crippen LogP contribution in [0.4, 0.5) is 0 Å². The molecule has 0 bridgehead atoms. The van der Waals surface area contributed by atoms with Crippen LogP contribution < -0.4 is 0 Å². The molecule has 4 heteroatoms. The molecule has 0 saturated carbocycles. The molecule has 96 valence electrons. The molecule has 0 aliphatic rings. The summed E-state index contributed by atoms with van der Waals surface area (Å²) in [7, 11) is -0.322. The Hall–Kier alpha value is -0.353. The number of carbonyl (C=O) groups excluding carboxylic acids is 1. The van der Waals surface area contributed by atoms with E-state index in [1.54, 1.807) is 0 Å². The Labute approximate surface area is 101 Å². The molecule has 3 nitrogen and oxygen atoms in total. The van der Waals surface area contributed by atoms with Gasteiger partial charge in [0.1, 0.15) is 0 Å². The standard InChI is InChI=1S/C12H26O3Si/c1-8-10(11(13)14-5)9-15-16(6,7)12(2,3)4/h10H,8-9H2,1-7H3/t10-/m0/s1. The third-order valence-corrected chi connectivity index (χ3v) is 7.98. The third kappa shape index (κ3) is 4.26. The highest BCUT2D eigenvalue weighted by molar-refractivity contribution is 6.74. The molecular weight excluding hydrogens is 220 g/mol. The summed E-state index contributed by atoms with van der Waals surface area (Å²) in [6.07, 6.45) is 0.765. The first-order valence-electron chi connectivity index (χ1n) is 5.87. The second-order valence-electron chi connectivity index (χ2n) is 5.70. The summed E-state index contributed by atoms with van der Waals surface area (Å²) in [6, 6.07) is 0. The molecule has 0 unspecified atom stereocenters. The van der Waals surface area contributed by atoms with Gasteiger partial charge in [0, 0.05) is 6.61 Å². The lowest BCUT2D eigenvalue weighted by molar-refractivity contribution is -0.146. The van der Waals surface area contributed by atoms with Crippen LogP contribution in [0, 0.1) is 5.92 Å². The Kier molecular flexibility index (Phi) is 5.69. The van der Waals surface area contributed by atoms with Gasteiger partial charge in [0.15, 0.2) is 8.32 Å². The van der Waals surface area contributed by atoms with Gasteiger partial charge in [0.2, 0.25) is 0 Å². The predicted molar refractivity (Wildman–Crippen MR) is 68.9 cm³/mol. The fraction of sp³-hybridized carbons (Fsp3) is 0.917. The van der Waals surface area contributed by atoms with Crippen molar-refractivity contribution < 1.29 is 14.0 Å². The lowest BCUT2D eigenvalue weighted by Gasteiger charge is -2.36. The zero-order chi connectivity index (χ0) is 13.0. The minimum Gasteiger partial charge on any atom is -0.469 e. The van der Waals surface area contributed by atoms with Crippen molar-refractivity contribution in [1.29, 1.82) is 0 Å². The number of methoxy groups -OCH3 is 1. The fourth-order valence-electron chi connectivity index (χ4n) is 1.04. The number of carbonyl (C=O) groups is 1. The predicted octanol–water partition coefficient (Wildman–Crippen LogP) is 3.21. The number of rotatable bonds is 5. The molecule has 1 atom stereocenters. The van der Waals surface area contributed by atoms with Gasteiger partial charge in [-0.25, -0.2) is 0 Å². The van der Waals surface area contributed by atoms with Crippen LogP contribution in [0.25, 0.3) is 0 Å². The molecule has 16 heavy (non-hydrogen) atoms. The van der Waals surface area contributed by atoms with E-state index in [2.05, 4.69) is 33.9 Å². The summed E-state index contributed by atoms with van der Waals surface area (Å²) in [6.45, 7) is 13.4. The first kappa shape index (κ1) is 15.6. The van der Waals surface area contributed by atoms with Gasteiger partial charge in [-0.15, -0.1) is 0 Å². The molecule has 0 spiro atoms. The van der Waals surface area contributed by atoms with Gasteiger partial charge in [0.05, 0.1) is 13.0 Å². The molecule has 0 aromatic carbocycles. The van der Waals surface area contributed by atoms with Crippen LogP contribution in [0.15, 0.2) is 0 Å². The first-order chi connectivity index (χ1) is 7.15. The van der Waals surface area contributed by atoms with E-state index in [4.69, 9.17) is 9.16 Å². The molecule has 0 aromatic rings. The summed E-state index contributed by atoms with van der Waals surface area (Å²) < 4.78 is 10.8.